The van der Waals surface area contributed by atoms with Crippen molar-refractivity contribution in [2.75, 3.05) is 6.61 Å². The van der Waals surface area contributed by atoms with Gasteiger partial charge in [0.2, 0.25) is 0 Å². The molecule has 4 heteroatoms. The average molecular weight is 691 g/mol. The largest absolute Gasteiger partial charge is 0.481 e. The van der Waals surface area contributed by atoms with Crippen LogP contribution in [0.2, 0.25) is 0 Å². The summed E-state index contributed by atoms with van der Waals surface area (Å²) in [5, 5.41) is 8.65. The number of aliphatic carboxylic acids is 1. The maximum absolute atomic E-state index is 12.0. The predicted octanol–water partition coefficient (Wildman–Crippen LogP) is 15.4. The quantitative estimate of drug-likeness (QED) is 0.0393. The monoisotopic (exact) mass is 691 g/mol. The summed E-state index contributed by atoms with van der Waals surface area (Å²) in [6.45, 7) is 2.88. The topological polar surface area (TPSA) is 63.6 Å². The molecular weight excluding hydrogens is 604 g/mol. The molecule has 0 aromatic heterocycles. The molecular formula is C45H86O4. The molecule has 290 valence electrons. The summed E-state index contributed by atoms with van der Waals surface area (Å²) in [7, 11) is 0. The second-order valence-corrected chi connectivity index (χ2v) is 15.2. The number of carbonyl (C=O) groups is 2. The number of carboxylic acids is 1. The molecule has 0 radical (unpaired) electrons. The minimum atomic E-state index is -0.655. The lowest BCUT2D eigenvalue weighted by Crippen LogP contribution is -2.05. The Labute approximate surface area is 306 Å². The van der Waals surface area contributed by atoms with Gasteiger partial charge in [0, 0.05) is 12.8 Å². The Morgan fingerprint density at radius 3 is 1.02 bits per heavy atom. The lowest BCUT2D eigenvalue weighted by Gasteiger charge is -2.06. The molecule has 0 spiro atoms. The van der Waals surface area contributed by atoms with Crippen molar-refractivity contribution in [3.8, 4) is 0 Å². The number of allylic oxidation sites excluding steroid dienone is 2. The van der Waals surface area contributed by atoms with Gasteiger partial charge >= 0.3 is 11.9 Å². The molecule has 0 unspecified atom stereocenters. The molecule has 0 aromatic rings. The first-order chi connectivity index (χ1) is 24.2. The van der Waals surface area contributed by atoms with Crippen LogP contribution < -0.4 is 0 Å². The van der Waals surface area contributed by atoms with Gasteiger partial charge in [-0.3, -0.25) is 9.59 Å². The minimum Gasteiger partial charge on any atom is -0.481 e. The number of esters is 1. The SMILES string of the molecule is CCCCCC/C=C\CCCCCCCC(=O)OCCCCCCCCCCCCCCCCCCCCCCCCCCCCC(=O)O. The molecule has 0 aliphatic carbocycles. The summed E-state index contributed by atoms with van der Waals surface area (Å²) >= 11 is 0. The third kappa shape index (κ3) is 44.7. The van der Waals surface area contributed by atoms with Crippen molar-refractivity contribution < 1.29 is 19.4 Å². The molecule has 0 amide bonds. The zero-order chi connectivity index (χ0) is 35.6. The number of carboxylic acid groups (broad SMARTS) is 1. The molecule has 0 saturated carbocycles. The number of hydrogen-bond donors (Lipinski definition) is 1. The predicted molar refractivity (Wildman–Crippen MR) is 213 cm³/mol. The molecule has 4 nitrogen and oxygen atoms in total. The van der Waals surface area contributed by atoms with Crippen molar-refractivity contribution in [1.29, 1.82) is 0 Å². The van der Waals surface area contributed by atoms with Gasteiger partial charge in [0.05, 0.1) is 6.61 Å². The van der Waals surface area contributed by atoms with E-state index in [1.54, 1.807) is 0 Å². The Bertz CT molecular complexity index is 688. The maximum atomic E-state index is 12.0. The van der Waals surface area contributed by atoms with Crippen LogP contribution in [0.25, 0.3) is 0 Å². The highest BCUT2D eigenvalue weighted by Crippen LogP contribution is 2.16. The van der Waals surface area contributed by atoms with Crippen LogP contribution in [0.5, 0.6) is 0 Å². The molecule has 0 rings (SSSR count). The second kappa shape index (κ2) is 42.8. The fourth-order valence-corrected chi connectivity index (χ4v) is 6.87. The zero-order valence-electron chi connectivity index (χ0n) is 33.1. The van der Waals surface area contributed by atoms with Crippen molar-refractivity contribution in [3.05, 3.63) is 12.2 Å². The number of hydrogen-bond acceptors (Lipinski definition) is 3. The van der Waals surface area contributed by atoms with E-state index in [0.717, 1.165) is 32.1 Å². The minimum absolute atomic E-state index is 0.0102. The van der Waals surface area contributed by atoms with E-state index in [2.05, 4.69) is 19.1 Å². The summed E-state index contributed by atoms with van der Waals surface area (Å²) in [4.78, 5) is 22.5. The highest BCUT2D eigenvalue weighted by molar-refractivity contribution is 5.69. The molecule has 0 aliphatic heterocycles. The van der Waals surface area contributed by atoms with Crippen LogP contribution in [0.1, 0.15) is 257 Å². The smallest absolute Gasteiger partial charge is 0.305 e. The van der Waals surface area contributed by atoms with Crippen LogP contribution in [0.15, 0.2) is 12.2 Å². The van der Waals surface area contributed by atoms with E-state index in [1.165, 1.54) is 205 Å². The average Bonchev–Trinajstić information content (AvgIpc) is 3.09. The molecule has 49 heavy (non-hydrogen) atoms. The molecule has 0 heterocycles. The molecule has 0 aromatic carbocycles. The Morgan fingerprint density at radius 1 is 0.388 bits per heavy atom. The van der Waals surface area contributed by atoms with E-state index in [1.807, 2.05) is 0 Å². The second-order valence-electron chi connectivity index (χ2n) is 15.2. The molecule has 0 saturated heterocycles. The standard InChI is InChI=1S/C45H86O4/c1-2-3-4-5-6-7-8-23-27-30-33-36-39-42-45(48)49-43-40-37-34-31-28-25-22-20-18-16-14-12-10-9-11-13-15-17-19-21-24-26-29-32-35-38-41-44(46)47/h7-8H,2-6,9-43H2,1H3,(H,46,47)/b8-7-. The van der Waals surface area contributed by atoms with E-state index in [4.69, 9.17) is 9.84 Å². The first kappa shape index (κ1) is 47.7. The van der Waals surface area contributed by atoms with Gasteiger partial charge in [0.15, 0.2) is 0 Å². The molecule has 0 bridgehead atoms. The first-order valence-corrected chi connectivity index (χ1v) is 22.2. The maximum Gasteiger partial charge on any atom is 0.305 e. The van der Waals surface area contributed by atoms with Crippen LogP contribution in [0.4, 0.5) is 0 Å². The van der Waals surface area contributed by atoms with Gasteiger partial charge in [-0.2, -0.15) is 0 Å². The summed E-state index contributed by atoms with van der Waals surface area (Å²) in [5.74, 6) is -0.644. The van der Waals surface area contributed by atoms with E-state index in [-0.39, 0.29) is 5.97 Å². The summed E-state index contributed by atoms with van der Waals surface area (Å²) < 4.78 is 5.45. The highest BCUT2D eigenvalue weighted by Gasteiger charge is 2.03. The van der Waals surface area contributed by atoms with Crippen molar-refractivity contribution in [2.45, 2.75) is 257 Å². The van der Waals surface area contributed by atoms with Gasteiger partial charge in [-0.15, -0.1) is 0 Å². The highest BCUT2D eigenvalue weighted by atomic mass is 16.5. The van der Waals surface area contributed by atoms with Gasteiger partial charge in [-0.05, 0) is 44.9 Å². The van der Waals surface area contributed by atoms with Crippen molar-refractivity contribution in [3.63, 3.8) is 0 Å². The molecule has 0 fully saturated rings. The summed E-state index contributed by atoms with van der Waals surface area (Å²) in [5.41, 5.74) is 0. The number of rotatable bonds is 42. The van der Waals surface area contributed by atoms with E-state index in [9.17, 15) is 9.59 Å². The Morgan fingerprint density at radius 2 is 0.673 bits per heavy atom. The number of ether oxygens (including phenoxy) is 1. The molecule has 0 atom stereocenters. The van der Waals surface area contributed by atoms with E-state index < -0.39 is 5.97 Å². The van der Waals surface area contributed by atoms with Gasteiger partial charge in [-0.25, -0.2) is 0 Å². The van der Waals surface area contributed by atoms with Gasteiger partial charge < -0.3 is 9.84 Å². The fourth-order valence-electron chi connectivity index (χ4n) is 6.87. The Balaban J connectivity index is 3.15. The van der Waals surface area contributed by atoms with E-state index >= 15 is 0 Å². The van der Waals surface area contributed by atoms with Crippen LogP contribution >= 0.6 is 0 Å². The fraction of sp³-hybridized carbons (Fsp3) is 0.911. The lowest BCUT2D eigenvalue weighted by atomic mass is 10.0. The summed E-state index contributed by atoms with van der Waals surface area (Å²) in [6, 6.07) is 0. The number of unbranched alkanes of at least 4 members (excludes halogenated alkanes) is 34. The van der Waals surface area contributed by atoms with Crippen molar-refractivity contribution in [2.24, 2.45) is 0 Å². The van der Waals surface area contributed by atoms with Crippen LogP contribution in [-0.4, -0.2) is 23.7 Å². The van der Waals surface area contributed by atoms with Crippen molar-refractivity contribution in [1.82, 2.24) is 0 Å². The van der Waals surface area contributed by atoms with Gasteiger partial charge in [0.1, 0.15) is 0 Å². The van der Waals surface area contributed by atoms with Gasteiger partial charge in [0.25, 0.3) is 0 Å². The van der Waals surface area contributed by atoms with E-state index in [0.29, 0.717) is 19.4 Å². The van der Waals surface area contributed by atoms with Crippen LogP contribution in [-0.2, 0) is 14.3 Å². The van der Waals surface area contributed by atoms with Crippen molar-refractivity contribution >= 4 is 11.9 Å². The molecule has 1 N–H and O–H groups in total. The first-order valence-electron chi connectivity index (χ1n) is 22.2. The third-order valence-electron chi connectivity index (χ3n) is 10.2. The third-order valence-corrected chi connectivity index (χ3v) is 10.2. The zero-order valence-corrected chi connectivity index (χ0v) is 33.1. The normalized spacial score (nSPS) is 11.5. The lowest BCUT2D eigenvalue weighted by molar-refractivity contribution is -0.144. The summed E-state index contributed by atoms with van der Waals surface area (Å²) in [6.07, 6.45) is 54.0. The van der Waals surface area contributed by atoms with Crippen LogP contribution in [0.3, 0.4) is 0 Å². The van der Waals surface area contributed by atoms with Gasteiger partial charge in [-0.1, -0.05) is 212 Å². The Hall–Kier alpha value is -1.32. The number of carbonyl (C=O) groups excluding carboxylic acids is 1. The Kier molecular flexibility index (Phi) is 41.7. The molecule has 0 aliphatic rings. The van der Waals surface area contributed by atoms with Crippen LogP contribution in [0, 0.1) is 0 Å².